The molecule has 1 aliphatic heterocycles. The minimum Gasteiger partial charge on any atom is -0.341 e. The molecule has 0 saturated carbocycles. The number of hydrogen-bond donors (Lipinski definition) is 1. The van der Waals surface area contributed by atoms with Crippen LogP contribution in [-0.2, 0) is 9.59 Å². The maximum absolute atomic E-state index is 12.0. The summed E-state index contributed by atoms with van der Waals surface area (Å²) in [5.74, 6) is -0.0886. The van der Waals surface area contributed by atoms with Crippen molar-refractivity contribution in [3.05, 3.63) is 23.4 Å². The molecule has 8 heteroatoms. The maximum Gasteiger partial charge on any atom is 0.251 e. The Morgan fingerprint density at radius 3 is 3.00 bits per heavy atom. The Labute approximate surface area is 119 Å². The minimum absolute atomic E-state index is 0.164. The molecule has 1 saturated heterocycles. The molecule has 104 valence electrons. The molecule has 2 aromatic rings. The van der Waals surface area contributed by atoms with Gasteiger partial charge >= 0.3 is 0 Å². The van der Waals surface area contributed by atoms with E-state index in [4.69, 9.17) is 11.6 Å². The van der Waals surface area contributed by atoms with E-state index in [1.807, 2.05) is 0 Å². The van der Waals surface area contributed by atoms with Crippen molar-refractivity contribution in [2.75, 3.05) is 12.4 Å². The van der Waals surface area contributed by atoms with E-state index in [0.29, 0.717) is 29.5 Å². The van der Waals surface area contributed by atoms with Gasteiger partial charge in [0.15, 0.2) is 5.65 Å². The van der Waals surface area contributed by atoms with E-state index in [2.05, 4.69) is 15.4 Å². The van der Waals surface area contributed by atoms with Gasteiger partial charge in [-0.05, 0) is 18.6 Å². The van der Waals surface area contributed by atoms with Crippen molar-refractivity contribution in [3.8, 4) is 0 Å². The largest absolute Gasteiger partial charge is 0.341 e. The molecule has 20 heavy (non-hydrogen) atoms. The summed E-state index contributed by atoms with van der Waals surface area (Å²) < 4.78 is 1.53. The summed E-state index contributed by atoms with van der Waals surface area (Å²) in [6.45, 7) is 0. The highest BCUT2D eigenvalue weighted by molar-refractivity contribution is 6.30. The Morgan fingerprint density at radius 2 is 2.20 bits per heavy atom. The number of carbonyl (C=O) groups excluding carboxylic acids is 2. The quantitative estimate of drug-likeness (QED) is 0.834. The standard InChI is InChI=1S/C12H12ClN5O2/c1-17-10(19)5-3-8(11(17)20)14-12-15-9-4-2-7(13)6-18(9)16-12/h2,4,6,8H,3,5H2,1H3,(H,14,16). The highest BCUT2D eigenvalue weighted by Gasteiger charge is 2.32. The van der Waals surface area contributed by atoms with E-state index in [1.54, 1.807) is 18.3 Å². The lowest BCUT2D eigenvalue weighted by atomic mass is 10.1. The van der Waals surface area contributed by atoms with E-state index < -0.39 is 6.04 Å². The third kappa shape index (κ3) is 2.20. The number of amides is 2. The van der Waals surface area contributed by atoms with Gasteiger partial charge in [-0.25, -0.2) is 4.52 Å². The first-order valence-corrected chi connectivity index (χ1v) is 6.51. The Bertz CT molecular complexity index is 698. The fourth-order valence-corrected chi connectivity index (χ4v) is 2.28. The number of nitrogens with zero attached hydrogens (tertiary/aromatic N) is 4. The van der Waals surface area contributed by atoms with E-state index >= 15 is 0 Å². The number of rotatable bonds is 2. The van der Waals surface area contributed by atoms with Crippen LogP contribution in [0.4, 0.5) is 5.95 Å². The van der Waals surface area contributed by atoms with Gasteiger partial charge in [0.05, 0.1) is 5.02 Å². The number of nitrogens with one attached hydrogen (secondary N) is 1. The number of halogens is 1. The van der Waals surface area contributed by atoms with Crippen LogP contribution in [0, 0.1) is 0 Å². The lowest BCUT2D eigenvalue weighted by Crippen LogP contribution is -2.48. The summed E-state index contributed by atoms with van der Waals surface area (Å²) >= 11 is 5.87. The number of piperidine rings is 1. The van der Waals surface area contributed by atoms with Gasteiger partial charge in [0, 0.05) is 19.7 Å². The molecule has 1 unspecified atom stereocenters. The number of anilines is 1. The second-order valence-electron chi connectivity index (χ2n) is 4.61. The van der Waals surface area contributed by atoms with Crippen molar-refractivity contribution in [2.45, 2.75) is 18.9 Å². The van der Waals surface area contributed by atoms with Crippen LogP contribution in [0.3, 0.4) is 0 Å². The summed E-state index contributed by atoms with van der Waals surface area (Å²) in [5.41, 5.74) is 0.629. The van der Waals surface area contributed by atoms with Gasteiger partial charge in [-0.15, -0.1) is 5.10 Å². The molecule has 0 spiro atoms. The van der Waals surface area contributed by atoms with Gasteiger partial charge in [0.1, 0.15) is 6.04 Å². The van der Waals surface area contributed by atoms with Crippen molar-refractivity contribution in [3.63, 3.8) is 0 Å². The van der Waals surface area contributed by atoms with Gasteiger partial charge in [-0.1, -0.05) is 11.6 Å². The molecule has 1 fully saturated rings. The SMILES string of the molecule is CN1C(=O)CCC(Nc2nc3ccc(Cl)cn3n2)C1=O. The molecule has 7 nitrogen and oxygen atoms in total. The van der Waals surface area contributed by atoms with Crippen LogP contribution in [0.5, 0.6) is 0 Å². The maximum atomic E-state index is 12.0. The number of likely N-dealkylation sites (N-methyl/N-ethyl adjacent to an activating group) is 1. The summed E-state index contributed by atoms with van der Waals surface area (Å²) in [6.07, 6.45) is 2.41. The monoisotopic (exact) mass is 293 g/mol. The average Bonchev–Trinajstić information content (AvgIpc) is 2.81. The smallest absolute Gasteiger partial charge is 0.251 e. The second kappa shape index (κ2) is 4.75. The lowest BCUT2D eigenvalue weighted by Gasteiger charge is -2.27. The van der Waals surface area contributed by atoms with Crippen LogP contribution in [0.15, 0.2) is 18.3 Å². The predicted molar refractivity (Wildman–Crippen MR) is 72.4 cm³/mol. The number of likely N-dealkylation sites (tertiary alicyclic amines) is 1. The number of carbonyl (C=O) groups is 2. The number of pyridine rings is 1. The molecular weight excluding hydrogens is 282 g/mol. The van der Waals surface area contributed by atoms with Gasteiger partial charge < -0.3 is 5.32 Å². The molecule has 0 aliphatic carbocycles. The van der Waals surface area contributed by atoms with Gasteiger partial charge in [0.2, 0.25) is 11.9 Å². The highest BCUT2D eigenvalue weighted by Crippen LogP contribution is 2.16. The fraction of sp³-hybridized carbons (Fsp3) is 0.333. The predicted octanol–water partition coefficient (Wildman–Crippen LogP) is 0.942. The van der Waals surface area contributed by atoms with Crippen molar-refractivity contribution in [2.24, 2.45) is 0 Å². The normalized spacial score (nSPS) is 19.7. The lowest BCUT2D eigenvalue weighted by molar-refractivity contribution is -0.146. The molecule has 3 heterocycles. The molecule has 0 radical (unpaired) electrons. The Morgan fingerprint density at radius 1 is 1.40 bits per heavy atom. The van der Waals surface area contributed by atoms with Crippen LogP contribution in [0.2, 0.25) is 5.02 Å². The average molecular weight is 294 g/mol. The summed E-state index contributed by atoms with van der Waals surface area (Å²) in [5, 5.41) is 7.71. The van der Waals surface area contributed by atoms with Crippen molar-refractivity contribution in [1.29, 1.82) is 0 Å². The van der Waals surface area contributed by atoms with Crippen LogP contribution >= 0.6 is 11.6 Å². The van der Waals surface area contributed by atoms with Gasteiger partial charge in [-0.2, -0.15) is 4.98 Å². The molecule has 2 amide bonds. The third-order valence-corrected chi connectivity index (χ3v) is 3.47. The first-order valence-electron chi connectivity index (χ1n) is 6.13. The van der Waals surface area contributed by atoms with Crippen molar-refractivity contribution < 1.29 is 9.59 Å². The molecule has 1 atom stereocenters. The number of fused-ring (bicyclic) bond motifs is 1. The number of hydrogen-bond acceptors (Lipinski definition) is 5. The van der Waals surface area contributed by atoms with Crippen LogP contribution in [0.1, 0.15) is 12.8 Å². The Hall–Kier alpha value is -2.15. The zero-order chi connectivity index (χ0) is 14.3. The first-order chi connectivity index (χ1) is 9.54. The summed E-state index contributed by atoms with van der Waals surface area (Å²) in [4.78, 5) is 28.8. The van der Waals surface area contributed by atoms with Gasteiger partial charge in [-0.3, -0.25) is 14.5 Å². The highest BCUT2D eigenvalue weighted by atomic mass is 35.5. The third-order valence-electron chi connectivity index (χ3n) is 3.25. The van der Waals surface area contributed by atoms with E-state index in [0.717, 1.165) is 4.90 Å². The summed E-state index contributed by atoms with van der Waals surface area (Å²) in [6, 6.07) is 2.97. The topological polar surface area (TPSA) is 79.6 Å². The van der Waals surface area contributed by atoms with Gasteiger partial charge in [0.25, 0.3) is 5.91 Å². The Kier molecular flexibility index (Phi) is 3.06. The molecule has 0 aromatic carbocycles. The van der Waals surface area contributed by atoms with Crippen LogP contribution in [-0.4, -0.2) is 44.4 Å². The fourth-order valence-electron chi connectivity index (χ4n) is 2.12. The van der Waals surface area contributed by atoms with E-state index in [9.17, 15) is 9.59 Å². The zero-order valence-electron chi connectivity index (χ0n) is 10.7. The van der Waals surface area contributed by atoms with E-state index in [1.165, 1.54) is 11.6 Å². The molecule has 3 rings (SSSR count). The summed E-state index contributed by atoms with van der Waals surface area (Å²) in [7, 11) is 1.48. The molecule has 1 aliphatic rings. The number of imide groups is 1. The Balaban J connectivity index is 1.82. The second-order valence-corrected chi connectivity index (χ2v) is 5.05. The minimum atomic E-state index is -0.481. The van der Waals surface area contributed by atoms with E-state index in [-0.39, 0.29) is 11.8 Å². The zero-order valence-corrected chi connectivity index (χ0v) is 11.5. The number of aromatic nitrogens is 3. The first kappa shape index (κ1) is 12.9. The molecule has 1 N–H and O–H groups in total. The molecule has 0 bridgehead atoms. The van der Waals surface area contributed by atoms with Crippen molar-refractivity contribution >= 4 is 35.0 Å². The van der Waals surface area contributed by atoms with Crippen molar-refractivity contribution in [1.82, 2.24) is 19.5 Å². The van der Waals surface area contributed by atoms with Crippen LogP contribution in [0.25, 0.3) is 5.65 Å². The van der Waals surface area contributed by atoms with Crippen LogP contribution < -0.4 is 5.32 Å². The molecular formula is C12H12ClN5O2. The molecule has 2 aromatic heterocycles.